The number of carbonyl (C=O) groups is 1. The minimum atomic E-state index is -1.07. The second-order valence-corrected chi connectivity index (χ2v) is 4.01. The number of hydrogen-bond donors (Lipinski definition) is 2. The Morgan fingerprint density at radius 3 is 3.12 bits per heavy atom. The Bertz CT molecular complexity index is 387. The molecule has 2 rings (SSSR count). The lowest BCUT2D eigenvalue weighted by molar-refractivity contribution is -0.0100. The van der Waals surface area contributed by atoms with Gasteiger partial charge in [-0.25, -0.2) is 9.48 Å². The van der Waals surface area contributed by atoms with Crippen LogP contribution in [-0.2, 0) is 6.54 Å². The molecule has 1 aliphatic heterocycles. The van der Waals surface area contributed by atoms with Gasteiger partial charge < -0.3 is 14.9 Å². The van der Waals surface area contributed by atoms with E-state index in [4.69, 9.17) is 9.84 Å². The van der Waals surface area contributed by atoms with E-state index in [0.29, 0.717) is 25.3 Å². The Hall–Kier alpha value is -1.56. The van der Waals surface area contributed by atoms with Crippen molar-refractivity contribution in [3.63, 3.8) is 0 Å². The average molecular weight is 226 g/mol. The fourth-order valence-corrected chi connectivity index (χ4v) is 1.65. The van der Waals surface area contributed by atoms with Gasteiger partial charge in [-0.05, 0) is 12.8 Å². The third kappa shape index (κ3) is 1.88. The van der Waals surface area contributed by atoms with Crippen LogP contribution in [0.4, 0.5) is 0 Å². The van der Waals surface area contributed by atoms with Crippen molar-refractivity contribution < 1.29 is 19.7 Å². The lowest BCUT2D eigenvalue weighted by atomic mass is 9.98. The number of hydrogen-bond acceptors (Lipinski definition) is 4. The van der Waals surface area contributed by atoms with Crippen LogP contribution < -0.4 is 4.74 Å². The average Bonchev–Trinajstić information content (AvgIpc) is 2.61. The molecule has 0 aromatic carbocycles. The Morgan fingerprint density at radius 2 is 2.50 bits per heavy atom. The van der Waals surface area contributed by atoms with Gasteiger partial charge in [-0.1, -0.05) is 6.92 Å². The van der Waals surface area contributed by atoms with Gasteiger partial charge in [0.15, 0.2) is 5.69 Å². The third-order valence-electron chi connectivity index (χ3n) is 2.90. The maximum absolute atomic E-state index is 10.7. The molecule has 2 N–H and O–H groups in total. The van der Waals surface area contributed by atoms with Crippen molar-refractivity contribution in [3.05, 3.63) is 11.8 Å². The van der Waals surface area contributed by atoms with Gasteiger partial charge in [0, 0.05) is 12.6 Å². The summed E-state index contributed by atoms with van der Waals surface area (Å²) in [6.45, 7) is 2.53. The number of aryl methyl sites for hydroxylation is 1. The molecule has 0 bridgehead atoms. The molecule has 0 saturated carbocycles. The predicted octanol–water partition coefficient (Wildman–Crippen LogP) is 0.505. The lowest BCUT2D eigenvalue weighted by Crippen LogP contribution is -2.34. The number of rotatable bonds is 2. The summed E-state index contributed by atoms with van der Waals surface area (Å²) in [6, 6.07) is 1.38. The monoisotopic (exact) mass is 226 g/mol. The van der Waals surface area contributed by atoms with Crippen LogP contribution in [-0.4, -0.2) is 38.2 Å². The van der Waals surface area contributed by atoms with E-state index in [1.807, 2.05) is 6.92 Å². The predicted molar refractivity (Wildman–Crippen MR) is 54.5 cm³/mol. The molecule has 1 aromatic rings. The van der Waals surface area contributed by atoms with Crippen molar-refractivity contribution >= 4 is 5.97 Å². The zero-order chi connectivity index (χ0) is 11.8. The molecule has 0 radical (unpaired) electrons. The van der Waals surface area contributed by atoms with Crippen LogP contribution in [0.3, 0.4) is 0 Å². The van der Waals surface area contributed by atoms with Crippen molar-refractivity contribution in [1.82, 2.24) is 9.78 Å². The van der Waals surface area contributed by atoms with Crippen molar-refractivity contribution in [3.8, 4) is 5.88 Å². The van der Waals surface area contributed by atoms with Gasteiger partial charge in [-0.3, -0.25) is 0 Å². The number of aromatic nitrogens is 2. The number of carboxylic acid groups (broad SMARTS) is 1. The fraction of sp³-hybridized carbons (Fsp3) is 0.600. The maximum atomic E-state index is 10.7. The standard InChI is InChI=1S/C10H14N2O4/c1-2-10(15)3-4-12-8(16-6-10)5-7(11-12)9(13)14/h5,15H,2-4,6H2,1H3,(H,13,14). The number of ether oxygens (including phenoxy) is 1. The molecule has 2 heterocycles. The highest BCUT2D eigenvalue weighted by Crippen LogP contribution is 2.25. The molecule has 0 spiro atoms. The first kappa shape index (κ1) is 10.9. The first-order valence-corrected chi connectivity index (χ1v) is 5.20. The second kappa shape index (κ2) is 3.79. The number of aliphatic hydroxyl groups is 1. The maximum Gasteiger partial charge on any atom is 0.356 e. The smallest absolute Gasteiger partial charge is 0.356 e. The summed E-state index contributed by atoms with van der Waals surface area (Å²) in [7, 11) is 0. The number of aromatic carboxylic acids is 1. The summed E-state index contributed by atoms with van der Waals surface area (Å²) in [4.78, 5) is 10.7. The van der Waals surface area contributed by atoms with Gasteiger partial charge in [0.05, 0.1) is 0 Å². The van der Waals surface area contributed by atoms with Crippen LogP contribution in [0.25, 0.3) is 0 Å². The molecule has 16 heavy (non-hydrogen) atoms. The van der Waals surface area contributed by atoms with E-state index in [9.17, 15) is 9.90 Å². The van der Waals surface area contributed by atoms with E-state index >= 15 is 0 Å². The molecular formula is C10H14N2O4. The summed E-state index contributed by atoms with van der Waals surface area (Å²) < 4.78 is 6.86. The van der Waals surface area contributed by atoms with E-state index < -0.39 is 11.6 Å². The minimum absolute atomic E-state index is 0.0306. The zero-order valence-corrected chi connectivity index (χ0v) is 9.01. The van der Waals surface area contributed by atoms with Gasteiger partial charge in [0.1, 0.15) is 12.2 Å². The van der Waals surface area contributed by atoms with Crippen molar-refractivity contribution in [2.75, 3.05) is 6.61 Å². The van der Waals surface area contributed by atoms with Crippen molar-refractivity contribution in [2.45, 2.75) is 31.9 Å². The number of carboxylic acids is 1. The summed E-state index contributed by atoms with van der Waals surface area (Å²) in [5.41, 5.74) is -0.874. The normalized spacial score (nSPS) is 24.4. The molecule has 0 aliphatic carbocycles. The topological polar surface area (TPSA) is 84.6 Å². The largest absolute Gasteiger partial charge is 0.476 e. The van der Waals surface area contributed by atoms with Crippen LogP contribution in [0.15, 0.2) is 6.07 Å². The molecule has 6 heteroatoms. The zero-order valence-electron chi connectivity index (χ0n) is 9.01. The summed E-state index contributed by atoms with van der Waals surface area (Å²) in [6.07, 6.45) is 1.11. The van der Waals surface area contributed by atoms with Gasteiger partial charge in [-0.2, -0.15) is 5.10 Å². The minimum Gasteiger partial charge on any atom is -0.476 e. The van der Waals surface area contributed by atoms with E-state index in [0.717, 1.165) is 0 Å². The van der Waals surface area contributed by atoms with E-state index in [1.165, 1.54) is 10.7 Å². The number of nitrogens with zero attached hydrogens (tertiary/aromatic N) is 2. The third-order valence-corrected chi connectivity index (χ3v) is 2.90. The van der Waals surface area contributed by atoms with Crippen LogP contribution >= 0.6 is 0 Å². The molecule has 0 fully saturated rings. The Balaban J connectivity index is 2.22. The van der Waals surface area contributed by atoms with Crippen molar-refractivity contribution in [1.29, 1.82) is 0 Å². The van der Waals surface area contributed by atoms with Crippen LogP contribution in [0.1, 0.15) is 30.3 Å². The van der Waals surface area contributed by atoms with E-state index in [-0.39, 0.29) is 12.3 Å². The first-order valence-electron chi connectivity index (χ1n) is 5.20. The SMILES string of the molecule is CCC1(O)CCn2nc(C(=O)O)cc2OC1. The van der Waals surface area contributed by atoms with E-state index in [2.05, 4.69) is 5.10 Å². The van der Waals surface area contributed by atoms with Gasteiger partial charge in [0.25, 0.3) is 0 Å². The fourth-order valence-electron chi connectivity index (χ4n) is 1.65. The Labute approximate surface area is 92.5 Å². The van der Waals surface area contributed by atoms with Gasteiger partial charge >= 0.3 is 5.97 Å². The van der Waals surface area contributed by atoms with Gasteiger partial charge in [0.2, 0.25) is 5.88 Å². The molecule has 1 unspecified atom stereocenters. The van der Waals surface area contributed by atoms with Gasteiger partial charge in [-0.15, -0.1) is 0 Å². The Morgan fingerprint density at radius 1 is 1.75 bits per heavy atom. The molecular weight excluding hydrogens is 212 g/mol. The highest BCUT2D eigenvalue weighted by Gasteiger charge is 2.30. The van der Waals surface area contributed by atoms with Crippen LogP contribution in [0, 0.1) is 0 Å². The van der Waals surface area contributed by atoms with Crippen LogP contribution in [0.5, 0.6) is 5.88 Å². The van der Waals surface area contributed by atoms with Crippen LogP contribution in [0.2, 0.25) is 0 Å². The summed E-state index contributed by atoms with van der Waals surface area (Å²) >= 11 is 0. The molecule has 1 aliphatic rings. The van der Waals surface area contributed by atoms with Crippen molar-refractivity contribution in [2.24, 2.45) is 0 Å². The highest BCUT2D eigenvalue weighted by atomic mass is 16.5. The first-order chi connectivity index (χ1) is 7.54. The number of fused-ring (bicyclic) bond motifs is 1. The quantitative estimate of drug-likeness (QED) is 0.767. The molecule has 88 valence electrons. The molecule has 0 amide bonds. The van der Waals surface area contributed by atoms with E-state index in [1.54, 1.807) is 0 Å². The highest BCUT2D eigenvalue weighted by molar-refractivity contribution is 5.85. The molecule has 0 saturated heterocycles. The summed E-state index contributed by atoms with van der Waals surface area (Å²) in [5, 5.41) is 22.7. The Kier molecular flexibility index (Phi) is 2.59. The second-order valence-electron chi connectivity index (χ2n) is 4.01. The molecule has 1 aromatic heterocycles. The summed E-state index contributed by atoms with van der Waals surface area (Å²) in [5.74, 6) is -0.670. The molecule has 1 atom stereocenters. The lowest BCUT2D eigenvalue weighted by Gasteiger charge is -2.23. The molecule has 6 nitrogen and oxygen atoms in total.